The maximum absolute atomic E-state index is 13.4. The van der Waals surface area contributed by atoms with Crippen molar-refractivity contribution in [1.82, 2.24) is 5.32 Å². The summed E-state index contributed by atoms with van der Waals surface area (Å²) in [7, 11) is 0. The Balaban J connectivity index is 2.42. The Hall–Kier alpha value is -1.49. The predicted molar refractivity (Wildman–Crippen MR) is 79.4 cm³/mol. The molecular formula is C16H24F2N2O. The summed E-state index contributed by atoms with van der Waals surface area (Å²) in [6.07, 6.45) is 2.02. The van der Waals surface area contributed by atoms with Crippen LogP contribution in [0.3, 0.4) is 0 Å². The molecule has 1 amide bonds. The van der Waals surface area contributed by atoms with Crippen LogP contribution in [0.2, 0.25) is 0 Å². The Morgan fingerprint density at radius 1 is 1.29 bits per heavy atom. The van der Waals surface area contributed by atoms with Gasteiger partial charge in [0.25, 0.3) is 0 Å². The molecule has 0 aromatic heterocycles. The van der Waals surface area contributed by atoms with Crippen LogP contribution >= 0.6 is 0 Å². The van der Waals surface area contributed by atoms with E-state index in [1.165, 1.54) is 0 Å². The molecule has 0 fully saturated rings. The smallest absolute Gasteiger partial charge is 0.220 e. The van der Waals surface area contributed by atoms with Crippen molar-refractivity contribution in [2.45, 2.75) is 39.7 Å². The van der Waals surface area contributed by atoms with E-state index < -0.39 is 11.6 Å². The van der Waals surface area contributed by atoms with Gasteiger partial charge in [-0.2, -0.15) is 0 Å². The van der Waals surface area contributed by atoms with E-state index in [1.807, 2.05) is 0 Å². The van der Waals surface area contributed by atoms with Crippen molar-refractivity contribution >= 4 is 5.91 Å². The van der Waals surface area contributed by atoms with Crippen molar-refractivity contribution in [2.75, 3.05) is 6.54 Å². The Morgan fingerprint density at radius 2 is 2.00 bits per heavy atom. The fourth-order valence-electron chi connectivity index (χ4n) is 2.30. The third-order valence-corrected chi connectivity index (χ3v) is 3.71. The maximum Gasteiger partial charge on any atom is 0.220 e. The first-order chi connectivity index (χ1) is 9.93. The molecule has 3 N–H and O–H groups in total. The minimum absolute atomic E-state index is 0.00562. The molecule has 0 spiro atoms. The van der Waals surface area contributed by atoms with Crippen molar-refractivity contribution in [3.8, 4) is 0 Å². The maximum atomic E-state index is 13.4. The molecule has 0 heterocycles. The highest BCUT2D eigenvalue weighted by Gasteiger charge is 2.14. The molecule has 0 radical (unpaired) electrons. The zero-order chi connectivity index (χ0) is 15.8. The monoisotopic (exact) mass is 298 g/mol. The minimum Gasteiger partial charge on any atom is -0.352 e. The van der Waals surface area contributed by atoms with Crippen LogP contribution in [0.4, 0.5) is 8.78 Å². The molecule has 21 heavy (non-hydrogen) atoms. The summed E-state index contributed by atoms with van der Waals surface area (Å²) in [4.78, 5) is 11.8. The first-order valence-electron chi connectivity index (χ1n) is 7.34. The standard InChI is InChI=1S/C16H24F2N2O/c1-11(2)12(7-8-19)3-6-16(21)20-10-13-9-14(17)4-5-15(13)18/h4-5,9,11-12H,3,6-8,10,19H2,1-2H3,(H,20,21). The van der Waals surface area contributed by atoms with E-state index in [-0.39, 0.29) is 18.0 Å². The number of nitrogens with one attached hydrogen (secondary N) is 1. The quantitative estimate of drug-likeness (QED) is 0.775. The normalized spacial score (nSPS) is 12.5. The molecule has 3 nitrogen and oxygen atoms in total. The molecule has 1 aromatic carbocycles. The molecular weight excluding hydrogens is 274 g/mol. The lowest BCUT2D eigenvalue weighted by Gasteiger charge is -2.19. The molecule has 0 aliphatic heterocycles. The molecule has 1 aromatic rings. The molecule has 0 saturated carbocycles. The molecule has 1 unspecified atom stereocenters. The zero-order valence-electron chi connectivity index (χ0n) is 12.7. The van der Waals surface area contributed by atoms with Gasteiger partial charge in [-0.3, -0.25) is 4.79 Å². The highest BCUT2D eigenvalue weighted by atomic mass is 19.1. The second-order valence-corrected chi connectivity index (χ2v) is 5.63. The predicted octanol–water partition coefficient (Wildman–Crippen LogP) is 2.98. The van der Waals surface area contributed by atoms with Gasteiger partial charge in [-0.15, -0.1) is 0 Å². The van der Waals surface area contributed by atoms with Crippen molar-refractivity contribution in [1.29, 1.82) is 0 Å². The number of nitrogens with two attached hydrogens (primary N) is 1. The second-order valence-electron chi connectivity index (χ2n) is 5.63. The fourth-order valence-corrected chi connectivity index (χ4v) is 2.30. The minimum atomic E-state index is -0.514. The van der Waals surface area contributed by atoms with Crippen molar-refractivity contribution in [3.05, 3.63) is 35.4 Å². The average Bonchev–Trinajstić information content (AvgIpc) is 2.44. The Labute approximate surface area is 124 Å². The summed E-state index contributed by atoms with van der Waals surface area (Å²) in [5, 5.41) is 2.63. The van der Waals surface area contributed by atoms with Crippen molar-refractivity contribution < 1.29 is 13.6 Å². The fraction of sp³-hybridized carbons (Fsp3) is 0.562. The molecule has 0 bridgehead atoms. The van der Waals surface area contributed by atoms with Gasteiger partial charge in [0.1, 0.15) is 11.6 Å². The van der Waals surface area contributed by atoms with Gasteiger partial charge in [0.2, 0.25) is 5.91 Å². The lowest BCUT2D eigenvalue weighted by atomic mass is 9.88. The average molecular weight is 298 g/mol. The van der Waals surface area contributed by atoms with Gasteiger partial charge in [0, 0.05) is 18.5 Å². The summed E-state index contributed by atoms with van der Waals surface area (Å²) in [6, 6.07) is 3.22. The number of halogens is 2. The van der Waals surface area contributed by atoms with Crippen LogP contribution in [0.25, 0.3) is 0 Å². The summed E-state index contributed by atoms with van der Waals surface area (Å²) in [6.45, 7) is 4.84. The number of hydrogen-bond acceptors (Lipinski definition) is 2. The number of carbonyl (C=O) groups excluding carboxylic acids is 1. The van der Waals surface area contributed by atoms with Crippen LogP contribution < -0.4 is 11.1 Å². The number of amides is 1. The summed E-state index contributed by atoms with van der Waals surface area (Å²) in [5.41, 5.74) is 5.72. The first kappa shape index (κ1) is 17.6. The molecule has 0 saturated heterocycles. The zero-order valence-corrected chi connectivity index (χ0v) is 12.7. The lowest BCUT2D eigenvalue weighted by Crippen LogP contribution is -2.25. The van der Waals surface area contributed by atoms with Crippen molar-refractivity contribution in [2.24, 2.45) is 17.6 Å². The highest BCUT2D eigenvalue weighted by Crippen LogP contribution is 2.20. The van der Waals surface area contributed by atoms with Crippen LogP contribution in [0.5, 0.6) is 0 Å². The number of benzene rings is 1. The lowest BCUT2D eigenvalue weighted by molar-refractivity contribution is -0.121. The van der Waals surface area contributed by atoms with Crippen LogP contribution in [0.1, 0.15) is 38.7 Å². The van der Waals surface area contributed by atoms with Crippen LogP contribution in [-0.2, 0) is 11.3 Å². The van der Waals surface area contributed by atoms with Gasteiger partial charge in [-0.25, -0.2) is 8.78 Å². The van der Waals surface area contributed by atoms with Crippen LogP contribution in [-0.4, -0.2) is 12.5 Å². The highest BCUT2D eigenvalue weighted by molar-refractivity contribution is 5.75. The van der Waals surface area contributed by atoms with E-state index in [9.17, 15) is 13.6 Å². The van der Waals surface area contributed by atoms with E-state index in [4.69, 9.17) is 5.73 Å². The van der Waals surface area contributed by atoms with Gasteiger partial charge in [0.05, 0.1) is 0 Å². The first-order valence-corrected chi connectivity index (χ1v) is 7.34. The molecule has 5 heteroatoms. The largest absolute Gasteiger partial charge is 0.352 e. The van der Waals surface area contributed by atoms with E-state index in [0.29, 0.717) is 24.8 Å². The van der Waals surface area contributed by atoms with E-state index in [1.54, 1.807) is 0 Å². The molecule has 0 aliphatic carbocycles. The second kappa shape index (κ2) is 8.72. The topological polar surface area (TPSA) is 55.1 Å². The third-order valence-electron chi connectivity index (χ3n) is 3.71. The molecule has 118 valence electrons. The number of rotatable bonds is 8. The van der Waals surface area contributed by atoms with E-state index in [2.05, 4.69) is 19.2 Å². The van der Waals surface area contributed by atoms with Crippen molar-refractivity contribution in [3.63, 3.8) is 0 Å². The molecule has 0 aliphatic rings. The van der Waals surface area contributed by atoms with Gasteiger partial charge >= 0.3 is 0 Å². The summed E-state index contributed by atoms with van der Waals surface area (Å²) >= 11 is 0. The number of hydrogen-bond donors (Lipinski definition) is 2. The molecule has 1 atom stereocenters. The Bertz CT molecular complexity index is 464. The summed E-state index contributed by atoms with van der Waals surface area (Å²) in [5.74, 6) is -0.293. The Morgan fingerprint density at radius 3 is 2.62 bits per heavy atom. The summed E-state index contributed by atoms with van der Waals surface area (Å²) < 4.78 is 26.4. The van der Waals surface area contributed by atoms with Crippen LogP contribution in [0.15, 0.2) is 18.2 Å². The van der Waals surface area contributed by atoms with E-state index in [0.717, 1.165) is 31.0 Å². The number of carbonyl (C=O) groups is 1. The van der Waals surface area contributed by atoms with Crippen LogP contribution in [0, 0.1) is 23.5 Å². The van der Waals surface area contributed by atoms with Gasteiger partial charge < -0.3 is 11.1 Å². The third kappa shape index (κ3) is 6.21. The van der Waals surface area contributed by atoms with E-state index >= 15 is 0 Å². The van der Waals surface area contributed by atoms with Gasteiger partial charge in [0.15, 0.2) is 0 Å². The Kier molecular flexibility index (Phi) is 7.29. The molecule has 1 rings (SSSR count). The SMILES string of the molecule is CC(C)C(CCN)CCC(=O)NCc1cc(F)ccc1F. The van der Waals surface area contributed by atoms with Gasteiger partial charge in [-0.1, -0.05) is 13.8 Å². The van der Waals surface area contributed by atoms with Gasteiger partial charge in [-0.05, 0) is 49.4 Å².